The lowest BCUT2D eigenvalue weighted by atomic mass is 10.1. The summed E-state index contributed by atoms with van der Waals surface area (Å²) in [6.45, 7) is 2.35. The van der Waals surface area contributed by atoms with Crippen LogP contribution in [0.15, 0.2) is 82.3 Å². The van der Waals surface area contributed by atoms with Crippen molar-refractivity contribution in [2.45, 2.75) is 19.3 Å². The van der Waals surface area contributed by atoms with Crippen molar-refractivity contribution >= 4 is 16.7 Å². The average Bonchev–Trinajstić information content (AvgIpc) is 2.79. The molecule has 9 heteroatoms. The van der Waals surface area contributed by atoms with Crippen LogP contribution in [0.25, 0.3) is 11.0 Å². The Kier molecular flexibility index (Phi) is 6.69. The van der Waals surface area contributed by atoms with E-state index in [9.17, 15) is 18.0 Å². The Morgan fingerprint density at radius 1 is 0.909 bits per heavy atom. The molecule has 0 bridgehead atoms. The zero-order chi connectivity index (χ0) is 23.3. The van der Waals surface area contributed by atoms with Crippen molar-refractivity contribution in [1.82, 2.24) is 14.9 Å². The summed E-state index contributed by atoms with van der Waals surface area (Å²) in [6, 6.07) is 16.2. The molecule has 0 aliphatic carbocycles. The van der Waals surface area contributed by atoms with Crippen LogP contribution in [-0.2, 0) is 19.3 Å². The number of nitrogens with one attached hydrogen (secondary N) is 1. The molecule has 4 aromatic rings. The molecule has 4 rings (SSSR count). The number of aromatic nitrogens is 2. The lowest BCUT2D eigenvalue weighted by Gasteiger charge is -2.22. The van der Waals surface area contributed by atoms with Gasteiger partial charge in [0.05, 0.1) is 17.0 Å². The van der Waals surface area contributed by atoms with Crippen molar-refractivity contribution < 1.29 is 17.6 Å². The van der Waals surface area contributed by atoms with Crippen LogP contribution >= 0.6 is 0 Å². The number of benzene rings is 1. The largest absolute Gasteiger partial charge is 0.423 e. The van der Waals surface area contributed by atoms with Crippen LogP contribution in [0.5, 0.6) is 0 Å². The molecule has 0 amide bonds. The van der Waals surface area contributed by atoms with Crippen LogP contribution in [0.3, 0.4) is 0 Å². The van der Waals surface area contributed by atoms with Crippen molar-refractivity contribution in [2.75, 3.05) is 18.4 Å². The van der Waals surface area contributed by atoms with Gasteiger partial charge >= 0.3 is 11.8 Å². The fourth-order valence-electron chi connectivity index (χ4n) is 3.52. The molecule has 0 radical (unpaired) electrons. The van der Waals surface area contributed by atoms with E-state index in [1.807, 2.05) is 36.4 Å². The molecule has 0 spiro atoms. The molecule has 0 aliphatic heterocycles. The minimum Gasteiger partial charge on any atom is -0.423 e. The van der Waals surface area contributed by atoms with Crippen LogP contribution in [0.1, 0.15) is 17.0 Å². The quantitative estimate of drug-likeness (QED) is 0.389. The maximum Gasteiger partial charge on any atom is 0.417 e. The van der Waals surface area contributed by atoms with E-state index < -0.39 is 17.4 Å². The van der Waals surface area contributed by atoms with E-state index in [0.29, 0.717) is 37.9 Å². The van der Waals surface area contributed by atoms with Gasteiger partial charge in [0.2, 0.25) is 0 Å². The Balaban J connectivity index is 1.47. The van der Waals surface area contributed by atoms with Crippen LogP contribution in [-0.4, -0.2) is 28.0 Å². The van der Waals surface area contributed by atoms with E-state index in [-0.39, 0.29) is 11.0 Å². The number of rotatable bonds is 8. The second-order valence-corrected chi connectivity index (χ2v) is 7.47. The minimum absolute atomic E-state index is 0.112. The van der Waals surface area contributed by atoms with Gasteiger partial charge in [0.15, 0.2) is 0 Å². The Bertz CT molecular complexity index is 1220. The number of hydrogen-bond acceptors (Lipinski definition) is 6. The summed E-state index contributed by atoms with van der Waals surface area (Å²) < 4.78 is 44.7. The van der Waals surface area contributed by atoms with Gasteiger partial charge in [0.1, 0.15) is 5.58 Å². The van der Waals surface area contributed by atoms with E-state index in [1.165, 1.54) is 12.1 Å². The molecule has 6 nitrogen and oxygen atoms in total. The second-order valence-electron chi connectivity index (χ2n) is 7.47. The summed E-state index contributed by atoms with van der Waals surface area (Å²) in [6.07, 6.45) is -1.16. The molecule has 3 aromatic heterocycles. The number of nitrogens with zero attached hydrogens (tertiary/aromatic N) is 3. The maximum absolute atomic E-state index is 13.2. The van der Waals surface area contributed by atoms with Crippen LogP contribution in [0.2, 0.25) is 0 Å². The Labute approximate surface area is 187 Å². The van der Waals surface area contributed by atoms with Crippen LogP contribution in [0, 0.1) is 0 Å². The van der Waals surface area contributed by atoms with Gasteiger partial charge in [0, 0.05) is 61.8 Å². The number of anilines is 1. The SMILES string of the molecule is O=c1cc(C(F)(F)F)c2ccc(NCCN(Cc3ccccn3)Cc3ccccn3)cc2o1. The Hall–Kier alpha value is -3.72. The van der Waals surface area contributed by atoms with Gasteiger partial charge in [0.25, 0.3) is 0 Å². The molecule has 0 aliphatic rings. The first-order chi connectivity index (χ1) is 15.9. The summed E-state index contributed by atoms with van der Waals surface area (Å²) in [5.74, 6) is 0. The smallest absolute Gasteiger partial charge is 0.417 e. The summed E-state index contributed by atoms with van der Waals surface area (Å²) in [5, 5.41) is 3.04. The molecule has 170 valence electrons. The third-order valence-corrected chi connectivity index (χ3v) is 5.03. The predicted octanol–water partition coefficient (Wildman–Crippen LogP) is 4.72. The normalized spacial score (nSPS) is 11.8. The van der Waals surface area contributed by atoms with Gasteiger partial charge in [-0.3, -0.25) is 14.9 Å². The molecule has 1 N–H and O–H groups in total. The summed E-state index contributed by atoms with van der Waals surface area (Å²) in [5.41, 5.74) is 0.238. The van der Waals surface area contributed by atoms with E-state index in [1.54, 1.807) is 18.5 Å². The highest BCUT2D eigenvalue weighted by Gasteiger charge is 2.33. The third-order valence-electron chi connectivity index (χ3n) is 5.03. The summed E-state index contributed by atoms with van der Waals surface area (Å²) in [4.78, 5) is 22.5. The molecule has 0 saturated carbocycles. The molecular formula is C24H21F3N4O2. The van der Waals surface area contributed by atoms with E-state index in [2.05, 4.69) is 20.2 Å². The van der Waals surface area contributed by atoms with E-state index >= 15 is 0 Å². The van der Waals surface area contributed by atoms with Crippen LogP contribution < -0.4 is 10.9 Å². The molecule has 33 heavy (non-hydrogen) atoms. The average molecular weight is 454 g/mol. The van der Waals surface area contributed by atoms with Gasteiger partial charge in [-0.2, -0.15) is 13.2 Å². The molecule has 3 heterocycles. The fourth-order valence-corrected chi connectivity index (χ4v) is 3.52. The van der Waals surface area contributed by atoms with Gasteiger partial charge in [-0.05, 0) is 36.4 Å². The molecule has 0 saturated heterocycles. The van der Waals surface area contributed by atoms with Crippen molar-refractivity contribution in [3.63, 3.8) is 0 Å². The molecular weight excluding hydrogens is 433 g/mol. The second kappa shape index (κ2) is 9.83. The zero-order valence-corrected chi connectivity index (χ0v) is 17.5. The number of hydrogen-bond donors (Lipinski definition) is 1. The first-order valence-electron chi connectivity index (χ1n) is 10.3. The maximum atomic E-state index is 13.2. The Morgan fingerprint density at radius 3 is 2.15 bits per heavy atom. The predicted molar refractivity (Wildman–Crippen MR) is 119 cm³/mol. The highest BCUT2D eigenvalue weighted by Crippen LogP contribution is 2.34. The zero-order valence-electron chi connectivity index (χ0n) is 17.5. The number of halogens is 3. The van der Waals surface area contributed by atoms with Crippen molar-refractivity contribution in [2.24, 2.45) is 0 Å². The fraction of sp³-hybridized carbons (Fsp3) is 0.208. The van der Waals surface area contributed by atoms with Crippen LogP contribution in [0.4, 0.5) is 18.9 Å². The molecule has 0 atom stereocenters. The number of alkyl halides is 3. The number of pyridine rings is 2. The standard InChI is InChI=1S/C24H21F3N4O2/c25-24(26,27)21-14-23(32)33-22-13-17(7-8-20(21)22)30-11-12-31(15-18-5-1-3-9-28-18)16-19-6-2-4-10-29-19/h1-10,13-14,30H,11-12,15-16H2. The Morgan fingerprint density at radius 2 is 1.58 bits per heavy atom. The van der Waals surface area contributed by atoms with Gasteiger partial charge in [-0.1, -0.05) is 12.1 Å². The van der Waals surface area contributed by atoms with Gasteiger partial charge in [-0.15, -0.1) is 0 Å². The lowest BCUT2D eigenvalue weighted by molar-refractivity contribution is -0.136. The summed E-state index contributed by atoms with van der Waals surface area (Å²) in [7, 11) is 0. The first-order valence-corrected chi connectivity index (χ1v) is 10.3. The van der Waals surface area contributed by atoms with E-state index in [4.69, 9.17) is 4.42 Å². The molecule has 0 fully saturated rings. The first kappa shape index (κ1) is 22.5. The monoisotopic (exact) mass is 454 g/mol. The lowest BCUT2D eigenvalue weighted by Crippen LogP contribution is -2.29. The van der Waals surface area contributed by atoms with Crippen molar-refractivity contribution in [3.05, 3.63) is 100 Å². The van der Waals surface area contributed by atoms with E-state index in [0.717, 1.165) is 11.4 Å². The highest BCUT2D eigenvalue weighted by molar-refractivity contribution is 5.83. The third kappa shape index (κ3) is 5.95. The van der Waals surface area contributed by atoms with Gasteiger partial charge in [-0.25, -0.2) is 4.79 Å². The minimum atomic E-state index is -4.64. The molecule has 1 aromatic carbocycles. The topological polar surface area (TPSA) is 71.3 Å². The van der Waals surface area contributed by atoms with Crippen molar-refractivity contribution in [3.8, 4) is 0 Å². The molecule has 0 unspecified atom stereocenters. The number of fused-ring (bicyclic) bond motifs is 1. The van der Waals surface area contributed by atoms with Gasteiger partial charge < -0.3 is 9.73 Å². The van der Waals surface area contributed by atoms with Crippen molar-refractivity contribution in [1.29, 1.82) is 0 Å². The highest BCUT2D eigenvalue weighted by atomic mass is 19.4. The summed E-state index contributed by atoms with van der Waals surface area (Å²) >= 11 is 0.